The lowest BCUT2D eigenvalue weighted by atomic mass is 10.2. The fraction of sp³-hybridized carbons (Fsp3) is 0.278. The molecule has 2 aromatic carbocycles. The molecule has 0 atom stereocenters. The summed E-state index contributed by atoms with van der Waals surface area (Å²) in [6.07, 6.45) is 0.128. The van der Waals surface area contributed by atoms with Crippen molar-refractivity contribution in [2.45, 2.75) is 29.6 Å². The van der Waals surface area contributed by atoms with E-state index >= 15 is 0 Å². The molecule has 1 fully saturated rings. The molecular weight excluding hydrogens is 466 g/mol. The second-order valence-corrected chi connectivity index (χ2v) is 12.2. The highest BCUT2D eigenvalue weighted by Gasteiger charge is 2.36. The van der Waals surface area contributed by atoms with Crippen LogP contribution in [0.2, 0.25) is 0 Å². The molecule has 2 aromatic rings. The van der Waals surface area contributed by atoms with Gasteiger partial charge in [0.15, 0.2) is 0 Å². The maximum Gasteiger partial charge on any atom is 0.242 e. The number of benzene rings is 2. The van der Waals surface area contributed by atoms with Gasteiger partial charge >= 0.3 is 0 Å². The lowest BCUT2D eigenvalue weighted by Gasteiger charge is -2.17. The molecule has 0 aromatic heterocycles. The fourth-order valence-electron chi connectivity index (χ4n) is 3.13. The number of nitrogens with two attached hydrogens (primary N) is 1. The van der Waals surface area contributed by atoms with Gasteiger partial charge in [0, 0.05) is 13.0 Å². The normalized spacial score (nSPS) is 16.6. The first-order chi connectivity index (χ1) is 14.3. The van der Waals surface area contributed by atoms with Gasteiger partial charge in [0.2, 0.25) is 36.0 Å². The summed E-state index contributed by atoms with van der Waals surface area (Å²) in [6.45, 7) is 1.58. The van der Waals surface area contributed by atoms with Crippen molar-refractivity contribution < 1.29 is 30.0 Å². The van der Waals surface area contributed by atoms with Crippen LogP contribution in [0.5, 0.6) is 0 Å². The Balaban J connectivity index is 1.77. The van der Waals surface area contributed by atoms with Crippen molar-refractivity contribution in [3.8, 4) is 0 Å². The Labute approximate surface area is 181 Å². The third kappa shape index (κ3) is 5.13. The number of sulfonamides is 3. The van der Waals surface area contributed by atoms with Crippen molar-refractivity contribution in [3.05, 3.63) is 53.6 Å². The molecule has 1 amide bonds. The zero-order chi connectivity index (χ0) is 23.0. The van der Waals surface area contributed by atoms with Crippen LogP contribution in [-0.4, -0.2) is 43.5 Å². The zero-order valence-electron chi connectivity index (χ0n) is 16.5. The molecule has 31 heavy (non-hydrogen) atoms. The van der Waals surface area contributed by atoms with E-state index in [0.717, 1.165) is 0 Å². The van der Waals surface area contributed by atoms with Crippen molar-refractivity contribution in [3.63, 3.8) is 0 Å². The highest BCUT2D eigenvalue weighted by Crippen LogP contribution is 2.29. The Morgan fingerprint density at radius 2 is 1.71 bits per heavy atom. The molecule has 13 heteroatoms. The number of carbonyl (C=O) groups excluding carboxylic acids is 1. The van der Waals surface area contributed by atoms with E-state index in [9.17, 15) is 30.0 Å². The van der Waals surface area contributed by atoms with Crippen molar-refractivity contribution in [1.29, 1.82) is 0 Å². The number of nitrogens with one attached hydrogen (secondary N) is 1. The SMILES string of the molecule is Cc1ccc(N2C(=O)CCS2(=O)=O)cc1S(=O)(=O)NCCc1ccc(S(N)(=O)=O)cc1. The molecule has 1 saturated heterocycles. The van der Waals surface area contributed by atoms with Gasteiger partial charge in [-0.15, -0.1) is 0 Å². The molecular formula is C18H21N3O7S3. The van der Waals surface area contributed by atoms with Crippen LogP contribution in [0, 0.1) is 6.92 Å². The molecule has 3 N–H and O–H groups in total. The minimum absolute atomic E-state index is 0.0155. The van der Waals surface area contributed by atoms with Crippen LogP contribution in [0.1, 0.15) is 17.5 Å². The molecule has 10 nitrogen and oxygen atoms in total. The lowest BCUT2D eigenvalue weighted by Crippen LogP contribution is -2.30. The number of carbonyl (C=O) groups is 1. The van der Waals surface area contributed by atoms with Crippen LogP contribution < -0.4 is 14.2 Å². The van der Waals surface area contributed by atoms with E-state index in [2.05, 4.69) is 4.72 Å². The number of anilines is 1. The topological polar surface area (TPSA) is 161 Å². The number of hydrogen-bond acceptors (Lipinski definition) is 7. The van der Waals surface area contributed by atoms with Crippen LogP contribution >= 0.6 is 0 Å². The van der Waals surface area contributed by atoms with Crippen molar-refractivity contribution in [1.82, 2.24) is 4.72 Å². The quantitative estimate of drug-likeness (QED) is 0.565. The predicted octanol–water partition coefficient (Wildman–Crippen LogP) is 0.230. The maximum atomic E-state index is 12.8. The molecule has 1 aliphatic rings. The highest BCUT2D eigenvalue weighted by molar-refractivity contribution is 7.94. The molecule has 168 valence electrons. The number of rotatable bonds is 7. The Hall–Kier alpha value is -2.32. The number of primary sulfonamides is 1. The van der Waals surface area contributed by atoms with Gasteiger partial charge in [-0.3, -0.25) is 4.79 Å². The molecule has 1 aliphatic heterocycles. The molecule has 0 radical (unpaired) electrons. The predicted molar refractivity (Wildman–Crippen MR) is 114 cm³/mol. The van der Waals surface area contributed by atoms with Crippen molar-refractivity contribution >= 4 is 41.7 Å². The highest BCUT2D eigenvalue weighted by atomic mass is 32.2. The summed E-state index contributed by atoms with van der Waals surface area (Å²) < 4.78 is 75.5. The van der Waals surface area contributed by atoms with Gasteiger partial charge in [0.1, 0.15) is 0 Å². The van der Waals surface area contributed by atoms with Gasteiger partial charge in [0.25, 0.3) is 0 Å². The molecule has 0 saturated carbocycles. The summed E-state index contributed by atoms with van der Waals surface area (Å²) in [5.74, 6) is -0.923. The van der Waals surface area contributed by atoms with Crippen molar-refractivity contribution in [2.75, 3.05) is 16.6 Å². The average Bonchev–Trinajstić information content (AvgIpc) is 2.94. The third-order valence-electron chi connectivity index (χ3n) is 4.73. The van der Waals surface area contributed by atoms with E-state index < -0.39 is 36.0 Å². The molecule has 0 aliphatic carbocycles. The van der Waals surface area contributed by atoms with Gasteiger partial charge in [-0.05, 0) is 48.7 Å². The standard InChI is InChI=1S/C18H21N3O7S3/c1-13-2-5-15(21-18(22)9-11-29(21,23)24)12-17(13)31(27,28)20-10-8-14-3-6-16(7-4-14)30(19,25)26/h2-7,12,20H,8-11H2,1H3,(H2,19,25,26). The molecule has 0 spiro atoms. The Bertz CT molecular complexity index is 1330. The molecule has 1 heterocycles. The van der Waals surface area contributed by atoms with Gasteiger partial charge in [-0.25, -0.2) is 39.4 Å². The smallest absolute Gasteiger partial charge is 0.242 e. The summed E-state index contributed by atoms with van der Waals surface area (Å²) >= 11 is 0. The van der Waals surface area contributed by atoms with Crippen LogP contribution in [0.25, 0.3) is 0 Å². The van der Waals surface area contributed by atoms with Gasteiger partial charge < -0.3 is 0 Å². The molecule has 3 rings (SSSR count). The number of nitrogens with zero attached hydrogens (tertiary/aromatic N) is 1. The summed E-state index contributed by atoms with van der Waals surface area (Å²) in [5.41, 5.74) is 1.05. The van der Waals surface area contributed by atoms with Gasteiger partial charge in [-0.1, -0.05) is 18.2 Å². The van der Waals surface area contributed by atoms with Gasteiger partial charge in [0.05, 0.1) is 21.2 Å². The van der Waals surface area contributed by atoms with E-state index in [4.69, 9.17) is 5.14 Å². The first kappa shape index (κ1) is 23.3. The molecule has 0 unspecified atom stereocenters. The third-order valence-corrected chi connectivity index (χ3v) is 8.96. The number of aryl methyl sites for hydroxylation is 1. The minimum Gasteiger partial charge on any atom is -0.273 e. The monoisotopic (exact) mass is 487 g/mol. The van der Waals surface area contributed by atoms with Crippen LogP contribution in [0.15, 0.2) is 52.3 Å². The average molecular weight is 488 g/mol. The first-order valence-electron chi connectivity index (χ1n) is 9.09. The van der Waals surface area contributed by atoms with E-state index in [1.54, 1.807) is 6.92 Å². The second-order valence-electron chi connectivity index (χ2n) is 7.01. The summed E-state index contributed by atoms with van der Waals surface area (Å²) in [4.78, 5) is 11.8. The second kappa shape index (κ2) is 8.31. The fourth-order valence-corrected chi connectivity index (χ4v) is 6.39. The van der Waals surface area contributed by atoms with E-state index in [1.807, 2.05) is 0 Å². The number of hydrogen-bond donors (Lipinski definition) is 2. The van der Waals surface area contributed by atoms with E-state index in [1.165, 1.54) is 42.5 Å². The maximum absolute atomic E-state index is 12.8. The Morgan fingerprint density at radius 3 is 2.26 bits per heavy atom. The minimum atomic E-state index is -4.00. The Morgan fingerprint density at radius 1 is 1.06 bits per heavy atom. The van der Waals surface area contributed by atoms with Crippen LogP contribution in [0.3, 0.4) is 0 Å². The first-order valence-corrected chi connectivity index (χ1v) is 13.7. The van der Waals surface area contributed by atoms with Crippen molar-refractivity contribution in [2.24, 2.45) is 5.14 Å². The van der Waals surface area contributed by atoms with Crippen LogP contribution in [-0.2, 0) is 41.3 Å². The largest absolute Gasteiger partial charge is 0.273 e. The molecule has 0 bridgehead atoms. The van der Waals surface area contributed by atoms with Crippen LogP contribution in [0.4, 0.5) is 5.69 Å². The Kier molecular flexibility index (Phi) is 6.26. The summed E-state index contributed by atoms with van der Waals surface area (Å²) in [5, 5.41) is 5.04. The summed E-state index contributed by atoms with van der Waals surface area (Å²) in [6, 6.07) is 9.73. The zero-order valence-corrected chi connectivity index (χ0v) is 18.9. The van der Waals surface area contributed by atoms with E-state index in [-0.39, 0.29) is 40.6 Å². The lowest BCUT2D eigenvalue weighted by molar-refractivity contribution is -0.116. The number of amides is 1. The van der Waals surface area contributed by atoms with E-state index in [0.29, 0.717) is 15.4 Å². The van der Waals surface area contributed by atoms with Gasteiger partial charge in [-0.2, -0.15) is 0 Å². The summed E-state index contributed by atoms with van der Waals surface area (Å²) in [7, 11) is -11.6.